The van der Waals surface area contributed by atoms with Crippen LogP contribution in [0.25, 0.3) is 0 Å². The van der Waals surface area contributed by atoms with Gasteiger partial charge in [-0.2, -0.15) is 0 Å². The summed E-state index contributed by atoms with van der Waals surface area (Å²) in [5.74, 6) is 1.64. The first-order valence-corrected chi connectivity index (χ1v) is 11.8. The molecule has 0 amide bonds. The molecule has 4 bridgehead atoms. The maximum Gasteiger partial charge on any atom is 0.0349 e. The molecule has 2 saturated heterocycles. The predicted octanol–water partition coefficient (Wildman–Crippen LogP) is 4.63. The molecule has 4 aliphatic heterocycles. The number of halogens is 2. The summed E-state index contributed by atoms with van der Waals surface area (Å²) in [7, 11) is 0. The van der Waals surface area contributed by atoms with Crippen LogP contribution in [0.4, 0.5) is 11.4 Å². The van der Waals surface area contributed by atoms with E-state index < -0.39 is 0 Å². The molecule has 0 saturated carbocycles. The van der Waals surface area contributed by atoms with Gasteiger partial charge in [-0.1, -0.05) is 24.3 Å². The van der Waals surface area contributed by atoms with Crippen LogP contribution in [0.5, 0.6) is 0 Å². The van der Waals surface area contributed by atoms with E-state index in [-0.39, 0.29) is 34.0 Å². The van der Waals surface area contributed by atoms with Crippen LogP contribution in [-0.2, 0) is 25.7 Å². The van der Waals surface area contributed by atoms with Gasteiger partial charge < -0.3 is 22.1 Å². The van der Waals surface area contributed by atoms with Gasteiger partial charge in [0.25, 0.3) is 0 Å². The molecule has 2 fully saturated rings. The Morgan fingerprint density at radius 2 is 1.03 bits per heavy atom. The van der Waals surface area contributed by atoms with Gasteiger partial charge in [-0.3, -0.25) is 0 Å². The van der Waals surface area contributed by atoms with E-state index >= 15 is 0 Å². The Labute approximate surface area is 213 Å². The van der Waals surface area contributed by atoms with Crippen LogP contribution >= 0.6 is 34.0 Å². The van der Waals surface area contributed by atoms with Crippen LogP contribution in [0.15, 0.2) is 36.4 Å². The number of nitrogens with one attached hydrogen (secondary N) is 2. The minimum absolute atomic E-state index is 0. The van der Waals surface area contributed by atoms with Crippen LogP contribution in [0.2, 0.25) is 0 Å². The van der Waals surface area contributed by atoms with Crippen molar-refractivity contribution in [3.8, 4) is 0 Å². The monoisotopic (exact) mass is 564 g/mol. The van der Waals surface area contributed by atoms with Gasteiger partial charge in [0.05, 0.1) is 0 Å². The van der Waals surface area contributed by atoms with E-state index in [4.69, 9.17) is 11.5 Å². The van der Waals surface area contributed by atoms with Crippen molar-refractivity contribution in [3.63, 3.8) is 0 Å². The molecule has 2 aromatic carbocycles. The summed E-state index contributed by atoms with van der Waals surface area (Å²) in [6.45, 7) is 2.39. The number of hydrogen-bond acceptors (Lipinski definition) is 4. The minimum atomic E-state index is 0. The molecule has 4 unspecified atom stereocenters. The fourth-order valence-corrected chi connectivity index (χ4v) is 5.95. The molecule has 8 rings (SSSR count). The fraction of sp³-hybridized carbons (Fsp3) is 0.538. The molecule has 4 nitrogen and oxygen atoms in total. The Morgan fingerprint density at radius 1 is 0.594 bits per heavy atom. The van der Waals surface area contributed by atoms with Crippen LogP contribution in [0, 0.1) is 11.8 Å². The number of hydrogen-bond donors (Lipinski definition) is 4. The third-order valence-electron chi connectivity index (χ3n) is 7.77. The Bertz CT molecular complexity index is 814. The topological polar surface area (TPSA) is 76.1 Å². The zero-order valence-corrected chi connectivity index (χ0v) is 22.2. The number of rotatable bonds is 0. The maximum absolute atomic E-state index is 6.07. The highest BCUT2D eigenvalue weighted by atomic mass is 79.9. The molecule has 2 aliphatic carbocycles. The van der Waals surface area contributed by atoms with E-state index in [1.807, 2.05) is 12.1 Å². The molecule has 6 heteroatoms. The lowest BCUT2D eigenvalue weighted by atomic mass is 9.81. The molecule has 176 valence electrons. The second-order valence-electron chi connectivity index (χ2n) is 9.88. The largest absolute Gasteiger partial charge is 0.398 e. The standard InChI is InChI=1S/2C13H18N2.2BrH/c2*14-13-3-1-2-10-6-9-4-5-11(15-8-9)7-12(10)13;;/h2*1-3,9,11,15H,4-8,14H2;2*1H. The van der Waals surface area contributed by atoms with Crippen molar-refractivity contribution in [1.29, 1.82) is 0 Å². The number of anilines is 2. The lowest BCUT2D eigenvalue weighted by Gasteiger charge is -2.34. The van der Waals surface area contributed by atoms with E-state index in [1.165, 1.54) is 73.9 Å². The number of fused-ring (bicyclic) bond motifs is 4. The van der Waals surface area contributed by atoms with Gasteiger partial charge in [-0.25, -0.2) is 0 Å². The molecule has 4 heterocycles. The minimum Gasteiger partial charge on any atom is -0.398 e. The van der Waals surface area contributed by atoms with Crippen LogP contribution in [0.3, 0.4) is 0 Å². The third kappa shape index (κ3) is 5.69. The van der Waals surface area contributed by atoms with E-state index in [9.17, 15) is 0 Å². The summed E-state index contributed by atoms with van der Waals surface area (Å²) in [5.41, 5.74) is 19.9. The van der Waals surface area contributed by atoms with Gasteiger partial charge >= 0.3 is 0 Å². The van der Waals surface area contributed by atoms with E-state index in [0.717, 1.165) is 36.1 Å². The molecular weight excluding hydrogens is 528 g/mol. The zero-order valence-electron chi connectivity index (χ0n) is 18.8. The van der Waals surface area contributed by atoms with E-state index in [0.29, 0.717) is 12.1 Å². The van der Waals surface area contributed by atoms with Gasteiger partial charge in [0, 0.05) is 23.5 Å². The van der Waals surface area contributed by atoms with Gasteiger partial charge in [-0.05, 0) is 111 Å². The average molecular weight is 566 g/mol. The molecule has 0 aromatic heterocycles. The zero-order chi connectivity index (χ0) is 20.5. The lowest BCUT2D eigenvalue weighted by Crippen LogP contribution is -2.42. The summed E-state index contributed by atoms with van der Waals surface area (Å²) in [5, 5.41) is 7.27. The average Bonchev–Trinajstić information content (AvgIpc) is 2.71. The summed E-state index contributed by atoms with van der Waals surface area (Å²) < 4.78 is 0. The first kappa shape index (κ1) is 25.5. The molecule has 32 heavy (non-hydrogen) atoms. The maximum atomic E-state index is 6.07. The van der Waals surface area contributed by atoms with Crippen molar-refractivity contribution >= 4 is 45.3 Å². The number of piperidine rings is 2. The summed E-state index contributed by atoms with van der Waals surface area (Å²) in [4.78, 5) is 0. The first-order valence-electron chi connectivity index (χ1n) is 11.8. The fourth-order valence-electron chi connectivity index (χ4n) is 5.95. The van der Waals surface area contributed by atoms with Crippen LogP contribution in [0.1, 0.15) is 47.9 Å². The number of nitrogens with two attached hydrogens (primary N) is 2. The molecule has 0 spiro atoms. The normalized spacial score (nSPS) is 27.5. The van der Waals surface area contributed by atoms with Crippen molar-refractivity contribution in [2.24, 2.45) is 11.8 Å². The summed E-state index contributed by atoms with van der Waals surface area (Å²) in [6, 6.07) is 14.1. The second-order valence-corrected chi connectivity index (χ2v) is 9.88. The molecule has 2 aromatic rings. The number of nitrogen functional groups attached to an aromatic ring is 2. The molecule has 0 radical (unpaired) electrons. The summed E-state index contributed by atoms with van der Waals surface area (Å²) >= 11 is 0. The number of benzene rings is 2. The van der Waals surface area contributed by atoms with Crippen LogP contribution in [-0.4, -0.2) is 25.2 Å². The highest BCUT2D eigenvalue weighted by molar-refractivity contribution is 8.93. The SMILES string of the molecule is Br.Br.Nc1cccc2c1CC1CCC(CN1)C2.Nc1cccc2c1CC1CCC(CN1)C2. The second kappa shape index (κ2) is 11.4. The first-order chi connectivity index (χ1) is 14.7. The predicted molar refractivity (Wildman–Crippen MR) is 146 cm³/mol. The van der Waals surface area contributed by atoms with Crippen molar-refractivity contribution in [2.45, 2.75) is 63.5 Å². The van der Waals surface area contributed by atoms with Gasteiger partial charge in [0.2, 0.25) is 0 Å². The van der Waals surface area contributed by atoms with Crippen LogP contribution < -0.4 is 22.1 Å². The Kier molecular flexibility index (Phi) is 9.07. The highest BCUT2D eigenvalue weighted by Crippen LogP contribution is 2.31. The van der Waals surface area contributed by atoms with E-state index in [2.05, 4.69) is 34.9 Å². The highest BCUT2D eigenvalue weighted by Gasteiger charge is 2.27. The Balaban J connectivity index is 0.000000170. The third-order valence-corrected chi connectivity index (χ3v) is 7.77. The Morgan fingerprint density at radius 3 is 1.41 bits per heavy atom. The smallest absolute Gasteiger partial charge is 0.0349 e. The Hall–Kier alpha value is -1.08. The lowest BCUT2D eigenvalue weighted by molar-refractivity contribution is 0.297. The molecule has 6 aliphatic rings. The van der Waals surface area contributed by atoms with Gasteiger partial charge in [0.15, 0.2) is 0 Å². The van der Waals surface area contributed by atoms with Crippen molar-refractivity contribution in [1.82, 2.24) is 10.6 Å². The van der Waals surface area contributed by atoms with Crippen molar-refractivity contribution < 1.29 is 0 Å². The van der Waals surface area contributed by atoms with E-state index in [1.54, 1.807) is 0 Å². The van der Waals surface area contributed by atoms with Crippen molar-refractivity contribution in [2.75, 3.05) is 24.6 Å². The molecule has 4 atom stereocenters. The van der Waals surface area contributed by atoms with Gasteiger partial charge in [-0.15, -0.1) is 34.0 Å². The molecule has 6 N–H and O–H groups in total. The quantitative estimate of drug-likeness (QED) is 0.351. The van der Waals surface area contributed by atoms with Crippen molar-refractivity contribution in [3.05, 3.63) is 58.7 Å². The van der Waals surface area contributed by atoms with Gasteiger partial charge in [0.1, 0.15) is 0 Å². The molecular formula is C26H38Br2N4. The summed E-state index contributed by atoms with van der Waals surface area (Å²) in [6.07, 6.45) is 10.1.